The van der Waals surface area contributed by atoms with E-state index in [9.17, 15) is 0 Å². The highest BCUT2D eigenvalue weighted by molar-refractivity contribution is 8.00. The minimum atomic E-state index is 0.0369. The summed E-state index contributed by atoms with van der Waals surface area (Å²) in [6.45, 7) is 6.28. The van der Waals surface area contributed by atoms with E-state index in [-0.39, 0.29) is 10.6 Å². The lowest BCUT2D eigenvalue weighted by atomic mass is 10.2. The number of nitrogens with two attached hydrogens (primary N) is 1. The van der Waals surface area contributed by atoms with Crippen molar-refractivity contribution in [2.45, 2.75) is 30.4 Å². The molecule has 0 aromatic heterocycles. The summed E-state index contributed by atoms with van der Waals surface area (Å²) in [6.07, 6.45) is 0. The first kappa shape index (κ1) is 13.2. The summed E-state index contributed by atoms with van der Waals surface area (Å²) in [4.78, 5) is 0.912. The molecule has 0 amide bonds. The minimum Gasteiger partial charge on any atom is -0.409 e. The predicted molar refractivity (Wildman–Crippen MR) is 69.6 cm³/mol. The third kappa shape index (κ3) is 3.61. The number of hydrogen-bond donors (Lipinski definition) is 2. The van der Waals surface area contributed by atoms with Crippen LogP contribution in [0.5, 0.6) is 0 Å². The van der Waals surface area contributed by atoms with E-state index in [1.807, 2.05) is 6.07 Å². The summed E-state index contributed by atoms with van der Waals surface area (Å²) in [5.41, 5.74) is 6.31. The zero-order chi connectivity index (χ0) is 12.3. The van der Waals surface area contributed by atoms with Gasteiger partial charge in [0.05, 0.1) is 0 Å². The molecule has 0 unspecified atom stereocenters. The van der Waals surface area contributed by atoms with Gasteiger partial charge >= 0.3 is 0 Å². The first-order valence-corrected chi connectivity index (χ1v) is 5.99. The van der Waals surface area contributed by atoms with Gasteiger partial charge in [-0.25, -0.2) is 0 Å². The van der Waals surface area contributed by atoms with E-state index in [1.165, 1.54) is 0 Å². The lowest BCUT2D eigenvalue weighted by molar-refractivity contribution is 0.318. The average molecular weight is 259 g/mol. The number of hydrogen-bond acceptors (Lipinski definition) is 3. The van der Waals surface area contributed by atoms with Gasteiger partial charge in [0.1, 0.15) is 0 Å². The second kappa shape index (κ2) is 4.97. The molecule has 0 aliphatic rings. The molecule has 0 atom stereocenters. The molecule has 88 valence electrons. The molecule has 0 saturated heterocycles. The highest BCUT2D eigenvalue weighted by Crippen LogP contribution is 2.35. The number of nitrogens with zero attached hydrogens (tertiary/aromatic N) is 1. The van der Waals surface area contributed by atoms with Crippen LogP contribution in [0.2, 0.25) is 5.02 Å². The zero-order valence-corrected chi connectivity index (χ0v) is 11.1. The van der Waals surface area contributed by atoms with E-state index in [0.29, 0.717) is 10.6 Å². The van der Waals surface area contributed by atoms with Gasteiger partial charge in [-0.3, -0.25) is 0 Å². The summed E-state index contributed by atoms with van der Waals surface area (Å²) in [7, 11) is 0. The van der Waals surface area contributed by atoms with Crippen molar-refractivity contribution in [2.24, 2.45) is 10.9 Å². The fourth-order valence-electron chi connectivity index (χ4n) is 1.18. The molecule has 0 heterocycles. The molecule has 0 aliphatic carbocycles. The van der Waals surface area contributed by atoms with Crippen LogP contribution in [0.4, 0.5) is 0 Å². The van der Waals surface area contributed by atoms with Crippen molar-refractivity contribution in [3.63, 3.8) is 0 Å². The molecule has 0 fully saturated rings. The number of thioether (sulfide) groups is 1. The van der Waals surface area contributed by atoms with Crippen molar-refractivity contribution >= 4 is 29.2 Å². The second-order valence-corrected chi connectivity index (χ2v) is 6.65. The van der Waals surface area contributed by atoms with Gasteiger partial charge in [-0.2, -0.15) is 0 Å². The summed E-state index contributed by atoms with van der Waals surface area (Å²) in [5.74, 6) is 0.100. The van der Waals surface area contributed by atoms with E-state index >= 15 is 0 Å². The Morgan fingerprint density at radius 1 is 1.44 bits per heavy atom. The van der Waals surface area contributed by atoms with Gasteiger partial charge in [0, 0.05) is 20.2 Å². The number of benzene rings is 1. The van der Waals surface area contributed by atoms with Crippen LogP contribution in [0, 0.1) is 0 Å². The van der Waals surface area contributed by atoms with Crippen molar-refractivity contribution in [1.29, 1.82) is 0 Å². The van der Waals surface area contributed by atoms with Gasteiger partial charge < -0.3 is 10.9 Å². The Bertz CT molecular complexity index is 413. The molecule has 5 heteroatoms. The summed E-state index contributed by atoms with van der Waals surface area (Å²) in [6, 6.07) is 5.30. The molecule has 16 heavy (non-hydrogen) atoms. The Hall–Kier alpha value is -0.870. The second-order valence-electron chi connectivity index (χ2n) is 4.34. The van der Waals surface area contributed by atoms with Gasteiger partial charge in [0.15, 0.2) is 5.84 Å². The number of oxime groups is 1. The molecular formula is C11H15ClN2OS. The zero-order valence-electron chi connectivity index (χ0n) is 9.49. The Morgan fingerprint density at radius 2 is 2.06 bits per heavy atom. The third-order valence-corrected chi connectivity index (χ3v) is 3.15. The van der Waals surface area contributed by atoms with E-state index in [4.69, 9.17) is 22.5 Å². The Morgan fingerprint density at radius 3 is 2.56 bits per heavy atom. The minimum absolute atomic E-state index is 0.0369. The van der Waals surface area contributed by atoms with E-state index in [0.717, 1.165) is 4.90 Å². The molecule has 0 bridgehead atoms. The predicted octanol–water partition coefficient (Wildman–Crippen LogP) is 3.33. The van der Waals surface area contributed by atoms with Crippen LogP contribution in [0.25, 0.3) is 0 Å². The third-order valence-electron chi connectivity index (χ3n) is 1.74. The van der Waals surface area contributed by atoms with Crippen molar-refractivity contribution in [3.05, 3.63) is 28.8 Å². The van der Waals surface area contributed by atoms with Crippen LogP contribution in [0.15, 0.2) is 28.3 Å². The molecular weight excluding hydrogens is 244 g/mol. The standard InChI is InChI=1S/C11H15ClN2OS/c1-11(2,3)16-9-6-7(12)4-5-8(9)10(13)14-15/h4-6,15H,1-3H3,(H2,13,14). The molecule has 0 spiro atoms. The number of halogens is 1. The lowest BCUT2D eigenvalue weighted by Crippen LogP contribution is -2.16. The normalized spacial score (nSPS) is 12.9. The fourth-order valence-corrected chi connectivity index (χ4v) is 2.54. The highest BCUT2D eigenvalue weighted by atomic mass is 35.5. The summed E-state index contributed by atoms with van der Waals surface area (Å²) in [5, 5.41) is 12.4. The topological polar surface area (TPSA) is 58.6 Å². The average Bonchev–Trinajstić information content (AvgIpc) is 2.14. The lowest BCUT2D eigenvalue weighted by Gasteiger charge is -2.19. The van der Waals surface area contributed by atoms with Gasteiger partial charge in [0.2, 0.25) is 0 Å². The molecule has 0 aliphatic heterocycles. The SMILES string of the molecule is CC(C)(C)Sc1cc(Cl)ccc1C(N)=NO. The van der Waals surface area contributed by atoms with Crippen molar-refractivity contribution < 1.29 is 5.21 Å². The fraction of sp³-hybridized carbons (Fsp3) is 0.364. The largest absolute Gasteiger partial charge is 0.409 e. The summed E-state index contributed by atoms with van der Waals surface area (Å²) < 4.78 is 0.0369. The van der Waals surface area contributed by atoms with E-state index in [2.05, 4.69) is 25.9 Å². The summed E-state index contributed by atoms with van der Waals surface area (Å²) >= 11 is 7.57. The van der Waals surface area contributed by atoms with Crippen LogP contribution in [0.3, 0.4) is 0 Å². The Balaban J connectivity index is 3.19. The molecule has 1 rings (SSSR count). The molecule has 1 aromatic carbocycles. The van der Waals surface area contributed by atoms with Crippen LogP contribution >= 0.6 is 23.4 Å². The maximum absolute atomic E-state index is 8.70. The van der Waals surface area contributed by atoms with Crippen LogP contribution in [-0.2, 0) is 0 Å². The molecule has 0 radical (unpaired) electrons. The van der Waals surface area contributed by atoms with Crippen molar-refractivity contribution in [2.75, 3.05) is 0 Å². The molecule has 0 saturated carbocycles. The van der Waals surface area contributed by atoms with Gasteiger partial charge in [0.25, 0.3) is 0 Å². The van der Waals surface area contributed by atoms with Gasteiger partial charge in [-0.15, -0.1) is 11.8 Å². The van der Waals surface area contributed by atoms with Crippen molar-refractivity contribution in [3.8, 4) is 0 Å². The Kier molecular flexibility index (Phi) is 4.10. The number of amidine groups is 1. The first-order chi connectivity index (χ1) is 7.33. The number of rotatable bonds is 2. The van der Waals surface area contributed by atoms with E-state index < -0.39 is 0 Å². The quantitative estimate of drug-likeness (QED) is 0.281. The van der Waals surface area contributed by atoms with Crippen LogP contribution in [0.1, 0.15) is 26.3 Å². The highest BCUT2D eigenvalue weighted by Gasteiger charge is 2.16. The van der Waals surface area contributed by atoms with Gasteiger partial charge in [-0.1, -0.05) is 37.5 Å². The first-order valence-electron chi connectivity index (χ1n) is 4.80. The molecule has 3 N–H and O–H groups in total. The van der Waals surface area contributed by atoms with Crippen LogP contribution < -0.4 is 5.73 Å². The van der Waals surface area contributed by atoms with E-state index in [1.54, 1.807) is 23.9 Å². The Labute approximate surface area is 105 Å². The van der Waals surface area contributed by atoms with Crippen molar-refractivity contribution in [1.82, 2.24) is 0 Å². The van der Waals surface area contributed by atoms with Crippen LogP contribution in [-0.4, -0.2) is 15.8 Å². The monoisotopic (exact) mass is 258 g/mol. The molecule has 3 nitrogen and oxygen atoms in total. The van der Waals surface area contributed by atoms with Gasteiger partial charge in [-0.05, 0) is 18.2 Å². The maximum atomic E-state index is 8.70. The maximum Gasteiger partial charge on any atom is 0.171 e. The molecule has 1 aromatic rings. The smallest absolute Gasteiger partial charge is 0.171 e.